The maximum absolute atomic E-state index is 14.0. The highest BCUT2D eigenvalue weighted by atomic mass is 35.5. The molecule has 1 amide bonds. The highest BCUT2D eigenvalue weighted by Gasteiger charge is 2.25. The first-order valence-electron chi connectivity index (χ1n) is 10.1. The molecule has 2 aromatic carbocycles. The molecule has 0 saturated carbocycles. The number of likely N-dealkylation sites (tertiary alicyclic amines) is 1. The quantitative estimate of drug-likeness (QED) is 0.673. The van der Waals surface area contributed by atoms with Gasteiger partial charge in [-0.3, -0.25) is 9.69 Å². The van der Waals surface area contributed by atoms with E-state index in [9.17, 15) is 9.18 Å². The molecule has 156 valence electrons. The molecule has 1 N–H and O–H groups in total. The van der Waals surface area contributed by atoms with Crippen LogP contribution >= 0.6 is 11.6 Å². The highest BCUT2D eigenvalue weighted by Crippen LogP contribution is 2.24. The zero-order valence-corrected chi connectivity index (χ0v) is 17.8. The smallest absolute Gasteiger partial charge is 0.223 e. The number of benzene rings is 2. The van der Waals surface area contributed by atoms with Crippen molar-refractivity contribution in [1.29, 1.82) is 0 Å². The number of carbonyl (C=O) groups is 1. The van der Waals surface area contributed by atoms with E-state index in [0.717, 1.165) is 37.2 Å². The van der Waals surface area contributed by atoms with Gasteiger partial charge in [-0.15, -0.1) is 0 Å². The van der Waals surface area contributed by atoms with Crippen molar-refractivity contribution >= 4 is 17.5 Å². The van der Waals surface area contributed by atoms with Gasteiger partial charge in [0.25, 0.3) is 0 Å². The molecule has 0 aromatic heterocycles. The van der Waals surface area contributed by atoms with Gasteiger partial charge in [-0.05, 0) is 69.1 Å². The van der Waals surface area contributed by atoms with Crippen LogP contribution in [0.3, 0.4) is 0 Å². The summed E-state index contributed by atoms with van der Waals surface area (Å²) in [6.07, 6.45) is 1.52. The van der Waals surface area contributed by atoms with Crippen molar-refractivity contribution in [3.05, 3.63) is 63.9 Å². The first-order chi connectivity index (χ1) is 14.0. The number of aryl methyl sites for hydroxylation is 1. The van der Waals surface area contributed by atoms with Gasteiger partial charge in [-0.2, -0.15) is 0 Å². The molecule has 2 aromatic rings. The monoisotopic (exact) mass is 418 g/mol. The Labute approximate surface area is 177 Å². The summed E-state index contributed by atoms with van der Waals surface area (Å²) in [5.41, 5.74) is 2.84. The second-order valence-corrected chi connectivity index (χ2v) is 8.00. The van der Waals surface area contributed by atoms with E-state index in [2.05, 4.69) is 23.2 Å². The minimum absolute atomic E-state index is 0.0111. The lowest BCUT2D eigenvalue weighted by atomic mass is 9.95. The van der Waals surface area contributed by atoms with Crippen LogP contribution in [-0.2, 0) is 11.3 Å². The number of carbonyl (C=O) groups excluding carboxylic acids is 1. The average molecular weight is 419 g/mol. The minimum atomic E-state index is -0.277. The van der Waals surface area contributed by atoms with Crippen LogP contribution in [-0.4, -0.2) is 37.0 Å². The number of nitrogens with zero attached hydrogens (tertiary/aromatic N) is 1. The predicted molar refractivity (Wildman–Crippen MR) is 114 cm³/mol. The van der Waals surface area contributed by atoms with Crippen LogP contribution in [0.4, 0.5) is 4.39 Å². The molecule has 1 aliphatic rings. The van der Waals surface area contributed by atoms with Gasteiger partial charge in [0.05, 0.1) is 6.54 Å². The Morgan fingerprint density at radius 1 is 1.21 bits per heavy atom. The normalized spacial score (nSPS) is 15.3. The molecular formula is C23H28ClFN2O2. The second-order valence-electron chi connectivity index (χ2n) is 7.59. The van der Waals surface area contributed by atoms with Crippen LogP contribution < -0.4 is 10.1 Å². The number of amides is 1. The Bertz CT molecular complexity index is 831. The first kappa shape index (κ1) is 21.6. The largest absolute Gasteiger partial charge is 0.491 e. The molecule has 0 radical (unpaired) electrons. The van der Waals surface area contributed by atoms with Gasteiger partial charge < -0.3 is 10.1 Å². The number of hydrogen-bond donors (Lipinski definition) is 1. The molecule has 0 spiro atoms. The molecule has 0 bridgehead atoms. The van der Waals surface area contributed by atoms with Crippen LogP contribution in [0.15, 0.2) is 36.4 Å². The number of ether oxygens (including phenoxy) is 1. The molecule has 0 aliphatic carbocycles. The summed E-state index contributed by atoms with van der Waals surface area (Å²) in [4.78, 5) is 14.6. The van der Waals surface area contributed by atoms with E-state index in [1.54, 1.807) is 12.1 Å². The average Bonchev–Trinajstić information content (AvgIpc) is 2.71. The van der Waals surface area contributed by atoms with Gasteiger partial charge in [-0.25, -0.2) is 4.39 Å². The van der Waals surface area contributed by atoms with E-state index in [4.69, 9.17) is 16.3 Å². The van der Waals surface area contributed by atoms with Crippen molar-refractivity contribution in [2.45, 2.75) is 33.2 Å². The number of piperidine rings is 1. The molecule has 0 unspecified atom stereocenters. The first-order valence-corrected chi connectivity index (χ1v) is 10.5. The Hall–Kier alpha value is -2.11. The molecule has 29 heavy (non-hydrogen) atoms. The van der Waals surface area contributed by atoms with E-state index >= 15 is 0 Å². The van der Waals surface area contributed by atoms with Crippen molar-refractivity contribution in [1.82, 2.24) is 10.2 Å². The van der Waals surface area contributed by atoms with Gasteiger partial charge in [0.1, 0.15) is 18.2 Å². The molecule has 4 nitrogen and oxygen atoms in total. The minimum Gasteiger partial charge on any atom is -0.491 e. The molecule has 1 heterocycles. The number of nitrogens with one attached hydrogen (secondary N) is 1. The number of hydrogen-bond acceptors (Lipinski definition) is 3. The van der Waals surface area contributed by atoms with Gasteiger partial charge in [-0.1, -0.05) is 29.8 Å². The molecule has 1 aliphatic heterocycles. The second kappa shape index (κ2) is 10.1. The third-order valence-corrected chi connectivity index (χ3v) is 5.97. The zero-order chi connectivity index (χ0) is 20.8. The van der Waals surface area contributed by atoms with E-state index in [0.29, 0.717) is 30.3 Å². The van der Waals surface area contributed by atoms with Gasteiger partial charge in [0.15, 0.2) is 0 Å². The van der Waals surface area contributed by atoms with Gasteiger partial charge >= 0.3 is 0 Å². The third kappa shape index (κ3) is 5.71. The van der Waals surface area contributed by atoms with Crippen molar-refractivity contribution in [2.24, 2.45) is 5.92 Å². The fraction of sp³-hybridized carbons (Fsp3) is 0.435. The summed E-state index contributed by atoms with van der Waals surface area (Å²) in [5, 5.41) is 3.43. The van der Waals surface area contributed by atoms with Crippen LogP contribution in [0.25, 0.3) is 0 Å². The fourth-order valence-electron chi connectivity index (χ4n) is 3.62. The topological polar surface area (TPSA) is 41.6 Å². The summed E-state index contributed by atoms with van der Waals surface area (Å²) in [5.74, 6) is 0.641. The predicted octanol–water partition coefficient (Wildman–Crippen LogP) is 4.50. The lowest BCUT2D eigenvalue weighted by molar-refractivity contribution is -0.126. The summed E-state index contributed by atoms with van der Waals surface area (Å²) in [7, 11) is 0. The Kier molecular flexibility index (Phi) is 7.51. The molecule has 1 fully saturated rings. The summed E-state index contributed by atoms with van der Waals surface area (Å²) in [6.45, 7) is 6.99. The lowest BCUT2D eigenvalue weighted by Gasteiger charge is -2.31. The number of rotatable bonds is 7. The highest BCUT2D eigenvalue weighted by molar-refractivity contribution is 6.31. The summed E-state index contributed by atoms with van der Waals surface area (Å²) < 4.78 is 19.8. The Morgan fingerprint density at radius 2 is 1.93 bits per heavy atom. The SMILES string of the molecule is Cc1cccc(OCCNC(=O)C2CCN(Cc3c(F)cccc3Cl)CC2)c1C. The zero-order valence-electron chi connectivity index (χ0n) is 17.0. The van der Waals surface area contributed by atoms with E-state index in [1.165, 1.54) is 11.6 Å². The van der Waals surface area contributed by atoms with Gasteiger partial charge in [0, 0.05) is 23.0 Å². The van der Waals surface area contributed by atoms with Crippen LogP contribution in [0.5, 0.6) is 5.75 Å². The standard InChI is InChI=1S/C23H28ClFN2O2/c1-16-5-3-8-22(17(16)2)29-14-11-26-23(28)18-9-12-27(13-10-18)15-19-20(24)6-4-7-21(19)25/h3-8,18H,9-15H2,1-2H3,(H,26,28). The van der Waals surface area contributed by atoms with Crippen LogP contribution in [0.2, 0.25) is 5.02 Å². The fourth-order valence-corrected chi connectivity index (χ4v) is 3.84. The van der Waals surface area contributed by atoms with E-state index in [-0.39, 0.29) is 17.6 Å². The maximum Gasteiger partial charge on any atom is 0.223 e. The van der Waals surface area contributed by atoms with E-state index < -0.39 is 0 Å². The van der Waals surface area contributed by atoms with Gasteiger partial charge in [0.2, 0.25) is 5.91 Å². The molecule has 0 atom stereocenters. The maximum atomic E-state index is 14.0. The Balaban J connectivity index is 1.39. The molecule has 1 saturated heterocycles. The molecule has 6 heteroatoms. The number of halogens is 2. The van der Waals surface area contributed by atoms with Crippen LogP contribution in [0.1, 0.15) is 29.5 Å². The van der Waals surface area contributed by atoms with Crippen LogP contribution in [0, 0.1) is 25.6 Å². The Morgan fingerprint density at radius 3 is 2.66 bits per heavy atom. The van der Waals surface area contributed by atoms with Crippen molar-refractivity contribution in [2.75, 3.05) is 26.2 Å². The lowest BCUT2D eigenvalue weighted by Crippen LogP contribution is -2.41. The van der Waals surface area contributed by atoms with Crippen molar-refractivity contribution in [3.8, 4) is 5.75 Å². The molecule has 3 rings (SSSR count). The summed E-state index contributed by atoms with van der Waals surface area (Å²) >= 11 is 6.12. The third-order valence-electron chi connectivity index (χ3n) is 5.62. The molecular weight excluding hydrogens is 391 g/mol. The van der Waals surface area contributed by atoms with Crippen molar-refractivity contribution < 1.29 is 13.9 Å². The summed E-state index contributed by atoms with van der Waals surface area (Å²) in [6, 6.07) is 10.7. The van der Waals surface area contributed by atoms with Crippen molar-refractivity contribution in [3.63, 3.8) is 0 Å². The van der Waals surface area contributed by atoms with E-state index in [1.807, 2.05) is 19.1 Å².